The molecule has 0 saturated heterocycles. The van der Waals surface area contributed by atoms with Crippen molar-refractivity contribution < 1.29 is 14.3 Å². The average molecular weight is 285 g/mol. The van der Waals surface area contributed by atoms with E-state index in [0.717, 1.165) is 6.42 Å². The Kier molecular flexibility index (Phi) is 4.82. The van der Waals surface area contributed by atoms with E-state index in [1.807, 2.05) is 24.3 Å². The smallest absolute Gasteiger partial charge is 0.338 e. The molecule has 0 heterocycles. The Bertz CT molecular complexity index is 638. The highest BCUT2D eigenvalue weighted by Crippen LogP contribution is 2.29. The van der Waals surface area contributed by atoms with Gasteiger partial charge in [-0.25, -0.2) is 4.79 Å². The van der Waals surface area contributed by atoms with E-state index in [4.69, 9.17) is 15.2 Å². The van der Waals surface area contributed by atoms with Crippen LogP contribution in [0.5, 0.6) is 11.5 Å². The van der Waals surface area contributed by atoms with E-state index in [0.29, 0.717) is 29.4 Å². The highest BCUT2D eigenvalue weighted by atomic mass is 16.5. The van der Waals surface area contributed by atoms with Gasteiger partial charge in [-0.1, -0.05) is 19.1 Å². The summed E-state index contributed by atoms with van der Waals surface area (Å²) in [5.74, 6) is 0.764. The van der Waals surface area contributed by atoms with Crippen LogP contribution in [-0.4, -0.2) is 12.6 Å². The first-order chi connectivity index (χ1) is 10.1. The van der Waals surface area contributed by atoms with E-state index in [1.54, 1.807) is 25.1 Å². The molecule has 21 heavy (non-hydrogen) atoms. The van der Waals surface area contributed by atoms with Gasteiger partial charge in [-0.15, -0.1) is 0 Å². The van der Waals surface area contributed by atoms with Gasteiger partial charge in [0.2, 0.25) is 0 Å². The fraction of sp³-hybridized carbons (Fsp3) is 0.235. The molecule has 0 saturated carbocycles. The van der Waals surface area contributed by atoms with Crippen LogP contribution >= 0.6 is 0 Å². The first-order valence-corrected chi connectivity index (χ1v) is 6.97. The first-order valence-electron chi connectivity index (χ1n) is 6.97. The zero-order chi connectivity index (χ0) is 15.2. The van der Waals surface area contributed by atoms with E-state index in [9.17, 15) is 4.79 Å². The van der Waals surface area contributed by atoms with Gasteiger partial charge in [0.1, 0.15) is 5.75 Å². The van der Waals surface area contributed by atoms with E-state index in [-0.39, 0.29) is 5.97 Å². The SMILES string of the molecule is CCOC(=O)c1ccc(N)c(Oc2cccc(CC)c2)c1. The summed E-state index contributed by atoms with van der Waals surface area (Å²) in [6.07, 6.45) is 0.926. The van der Waals surface area contributed by atoms with Crippen LogP contribution in [0.15, 0.2) is 42.5 Å². The van der Waals surface area contributed by atoms with Crippen molar-refractivity contribution in [3.8, 4) is 11.5 Å². The largest absolute Gasteiger partial charge is 0.462 e. The standard InChI is InChI=1S/C17H19NO3/c1-3-12-6-5-7-14(10-12)21-16-11-13(8-9-15(16)18)17(19)20-4-2/h5-11H,3-4,18H2,1-2H3. The monoisotopic (exact) mass is 285 g/mol. The number of carbonyl (C=O) groups is 1. The second-order valence-electron chi connectivity index (χ2n) is 4.58. The second-order valence-corrected chi connectivity index (χ2v) is 4.58. The van der Waals surface area contributed by atoms with Crippen molar-refractivity contribution in [1.82, 2.24) is 0 Å². The van der Waals surface area contributed by atoms with Gasteiger partial charge in [-0.3, -0.25) is 0 Å². The average Bonchev–Trinajstić information content (AvgIpc) is 2.50. The highest BCUT2D eigenvalue weighted by Gasteiger charge is 2.11. The summed E-state index contributed by atoms with van der Waals surface area (Å²) in [4.78, 5) is 11.7. The van der Waals surface area contributed by atoms with Crippen LogP contribution in [0, 0.1) is 0 Å². The van der Waals surface area contributed by atoms with E-state index in [2.05, 4.69) is 6.92 Å². The van der Waals surface area contributed by atoms with Crippen molar-refractivity contribution >= 4 is 11.7 Å². The van der Waals surface area contributed by atoms with Gasteiger partial charge >= 0.3 is 5.97 Å². The number of aryl methyl sites for hydroxylation is 1. The van der Waals surface area contributed by atoms with E-state index in [1.165, 1.54) is 5.56 Å². The number of carbonyl (C=O) groups excluding carboxylic acids is 1. The van der Waals surface area contributed by atoms with Gasteiger partial charge in [0.15, 0.2) is 5.75 Å². The summed E-state index contributed by atoms with van der Waals surface area (Å²) in [6, 6.07) is 12.6. The number of esters is 1. The molecule has 0 aliphatic rings. The van der Waals surface area contributed by atoms with Gasteiger partial charge < -0.3 is 15.2 Å². The molecular weight excluding hydrogens is 266 g/mol. The van der Waals surface area contributed by atoms with Crippen LogP contribution in [0.3, 0.4) is 0 Å². The molecule has 0 amide bonds. The van der Waals surface area contributed by atoms with E-state index < -0.39 is 0 Å². The summed E-state index contributed by atoms with van der Waals surface area (Å²) in [6.45, 7) is 4.18. The number of benzene rings is 2. The molecule has 0 aromatic heterocycles. The molecule has 0 fully saturated rings. The predicted molar refractivity (Wildman–Crippen MR) is 82.7 cm³/mol. The summed E-state index contributed by atoms with van der Waals surface area (Å²) >= 11 is 0. The molecule has 2 N–H and O–H groups in total. The topological polar surface area (TPSA) is 61.5 Å². The molecule has 0 aliphatic carbocycles. The number of nitrogen functional groups attached to an aromatic ring is 1. The third-order valence-corrected chi connectivity index (χ3v) is 3.06. The van der Waals surface area contributed by atoms with Gasteiger partial charge in [-0.05, 0) is 49.2 Å². The van der Waals surface area contributed by atoms with Crippen molar-refractivity contribution in [3.05, 3.63) is 53.6 Å². The Morgan fingerprint density at radius 2 is 1.95 bits per heavy atom. The Morgan fingerprint density at radius 3 is 2.67 bits per heavy atom. The van der Waals surface area contributed by atoms with Crippen LogP contribution in [0.4, 0.5) is 5.69 Å². The van der Waals surface area contributed by atoms with Crippen molar-refractivity contribution in [2.75, 3.05) is 12.3 Å². The third kappa shape index (κ3) is 3.75. The number of hydrogen-bond acceptors (Lipinski definition) is 4. The second kappa shape index (κ2) is 6.79. The minimum absolute atomic E-state index is 0.331. The van der Waals surface area contributed by atoms with Crippen LogP contribution in [0.25, 0.3) is 0 Å². The number of rotatable bonds is 5. The maximum atomic E-state index is 11.7. The summed E-state index contributed by atoms with van der Waals surface area (Å²) in [5, 5.41) is 0. The molecular formula is C17H19NO3. The Labute approximate surface area is 124 Å². The number of nitrogens with two attached hydrogens (primary N) is 1. The molecule has 0 spiro atoms. The minimum atomic E-state index is -0.385. The Balaban J connectivity index is 2.26. The van der Waals surface area contributed by atoms with E-state index >= 15 is 0 Å². The molecule has 2 aromatic carbocycles. The molecule has 0 unspecified atom stereocenters. The third-order valence-electron chi connectivity index (χ3n) is 3.06. The van der Waals surface area contributed by atoms with Crippen LogP contribution in [0.2, 0.25) is 0 Å². The van der Waals surface area contributed by atoms with Gasteiger partial charge in [-0.2, -0.15) is 0 Å². The molecule has 2 aromatic rings. The van der Waals surface area contributed by atoms with Crippen molar-refractivity contribution in [2.45, 2.75) is 20.3 Å². The van der Waals surface area contributed by atoms with Crippen LogP contribution in [0.1, 0.15) is 29.8 Å². The quantitative estimate of drug-likeness (QED) is 0.670. The lowest BCUT2D eigenvalue weighted by Crippen LogP contribution is -2.05. The lowest BCUT2D eigenvalue weighted by Gasteiger charge is -2.11. The predicted octanol–water partition coefficient (Wildman–Crippen LogP) is 3.80. The summed E-state index contributed by atoms with van der Waals surface area (Å²) < 4.78 is 10.8. The lowest BCUT2D eigenvalue weighted by atomic mass is 10.1. The van der Waals surface area contributed by atoms with Gasteiger partial charge in [0, 0.05) is 0 Å². The molecule has 0 aliphatic heterocycles. The summed E-state index contributed by atoms with van der Waals surface area (Å²) in [5.41, 5.74) is 7.98. The van der Waals surface area contributed by atoms with Gasteiger partial charge in [0.25, 0.3) is 0 Å². The first kappa shape index (κ1) is 14.9. The molecule has 2 rings (SSSR count). The zero-order valence-corrected chi connectivity index (χ0v) is 12.3. The zero-order valence-electron chi connectivity index (χ0n) is 12.3. The van der Waals surface area contributed by atoms with Gasteiger partial charge in [0.05, 0.1) is 17.9 Å². The Morgan fingerprint density at radius 1 is 1.14 bits per heavy atom. The normalized spacial score (nSPS) is 10.2. The highest BCUT2D eigenvalue weighted by molar-refractivity contribution is 5.90. The Hall–Kier alpha value is -2.49. The fourth-order valence-corrected chi connectivity index (χ4v) is 1.92. The van der Waals surface area contributed by atoms with Crippen molar-refractivity contribution in [1.29, 1.82) is 0 Å². The number of ether oxygens (including phenoxy) is 2. The number of hydrogen-bond donors (Lipinski definition) is 1. The molecule has 110 valence electrons. The van der Waals surface area contributed by atoms with Crippen LogP contribution in [-0.2, 0) is 11.2 Å². The maximum absolute atomic E-state index is 11.7. The lowest BCUT2D eigenvalue weighted by molar-refractivity contribution is 0.0526. The fourth-order valence-electron chi connectivity index (χ4n) is 1.92. The minimum Gasteiger partial charge on any atom is -0.462 e. The molecule has 4 heteroatoms. The molecule has 0 bridgehead atoms. The van der Waals surface area contributed by atoms with Crippen molar-refractivity contribution in [3.63, 3.8) is 0 Å². The molecule has 0 atom stereocenters. The maximum Gasteiger partial charge on any atom is 0.338 e. The number of anilines is 1. The molecule has 0 radical (unpaired) electrons. The van der Waals surface area contributed by atoms with Crippen LogP contribution < -0.4 is 10.5 Å². The summed E-state index contributed by atoms with van der Waals surface area (Å²) in [7, 11) is 0. The molecule has 4 nitrogen and oxygen atoms in total. The van der Waals surface area contributed by atoms with Crippen molar-refractivity contribution in [2.24, 2.45) is 0 Å².